The van der Waals surface area contributed by atoms with E-state index in [4.69, 9.17) is 11.6 Å². The van der Waals surface area contributed by atoms with E-state index < -0.39 is 0 Å². The molecule has 0 atom stereocenters. The largest absolute Gasteiger partial charge is 0.158 e. The van der Waals surface area contributed by atoms with E-state index in [1.54, 1.807) is 6.20 Å². The topological polar surface area (TPSA) is 26.5 Å². The predicted molar refractivity (Wildman–Crippen MR) is 49.3 cm³/mol. The summed E-state index contributed by atoms with van der Waals surface area (Å²) >= 11 is 5.74. The average Bonchev–Trinajstić information content (AvgIpc) is 2.58. The van der Waals surface area contributed by atoms with E-state index in [9.17, 15) is 0 Å². The average molecular weight is 178 g/mol. The van der Waals surface area contributed by atoms with E-state index in [2.05, 4.69) is 10.5 Å². The second-order valence-corrected chi connectivity index (χ2v) is 2.86. The van der Waals surface area contributed by atoms with Crippen molar-refractivity contribution in [2.24, 2.45) is 5.10 Å². The summed E-state index contributed by atoms with van der Waals surface area (Å²) in [5, 5.41) is 4.66. The van der Waals surface area contributed by atoms with E-state index in [1.807, 2.05) is 30.3 Å². The molecule has 0 aliphatic carbocycles. The van der Waals surface area contributed by atoms with Crippen molar-refractivity contribution in [2.45, 2.75) is 0 Å². The molecule has 0 fully saturated rings. The Bertz CT molecular complexity index is 338. The van der Waals surface area contributed by atoms with Crippen LogP contribution in [0, 0.1) is 0 Å². The molecular formula is C9H6ClN2. The molecule has 0 bridgehead atoms. The van der Waals surface area contributed by atoms with Crippen LogP contribution in [-0.2, 0) is 0 Å². The maximum atomic E-state index is 5.74. The molecule has 12 heavy (non-hydrogen) atoms. The van der Waals surface area contributed by atoms with Gasteiger partial charge in [0.15, 0.2) is 0 Å². The molecule has 1 aliphatic rings. The lowest BCUT2D eigenvalue weighted by atomic mass is 10.1. The molecule has 1 heterocycles. The van der Waals surface area contributed by atoms with Crippen LogP contribution in [0.25, 0.3) is 0 Å². The third kappa shape index (κ3) is 1.34. The summed E-state index contributed by atoms with van der Waals surface area (Å²) in [6, 6.07) is 7.52. The number of nitrogens with zero attached hydrogens (tertiary/aromatic N) is 2. The van der Waals surface area contributed by atoms with Crippen LogP contribution in [0.2, 0.25) is 5.02 Å². The molecule has 3 heteroatoms. The summed E-state index contributed by atoms with van der Waals surface area (Å²) in [4.78, 5) is 0. The van der Waals surface area contributed by atoms with Gasteiger partial charge in [-0.3, -0.25) is 0 Å². The Morgan fingerprint density at radius 3 is 2.42 bits per heavy atom. The lowest BCUT2D eigenvalue weighted by Gasteiger charge is -1.95. The Kier molecular flexibility index (Phi) is 1.84. The molecule has 0 saturated heterocycles. The minimum atomic E-state index is 0.735. The van der Waals surface area contributed by atoms with E-state index in [-0.39, 0.29) is 0 Å². The zero-order valence-corrected chi connectivity index (χ0v) is 6.99. The highest BCUT2D eigenvalue weighted by Crippen LogP contribution is 2.11. The number of hydrogen-bond donors (Lipinski definition) is 0. The Morgan fingerprint density at radius 2 is 1.83 bits per heavy atom. The Balaban J connectivity index is 2.35. The Hall–Kier alpha value is -1.28. The van der Waals surface area contributed by atoms with Crippen LogP contribution < -0.4 is 5.43 Å². The fourth-order valence-electron chi connectivity index (χ4n) is 1.01. The molecule has 2 rings (SSSR count). The molecule has 2 nitrogen and oxygen atoms in total. The summed E-state index contributed by atoms with van der Waals surface area (Å²) in [7, 11) is 0. The quantitative estimate of drug-likeness (QED) is 0.629. The molecule has 0 saturated carbocycles. The molecule has 1 radical (unpaired) electrons. The zero-order valence-electron chi connectivity index (χ0n) is 6.24. The minimum absolute atomic E-state index is 0.735. The molecule has 1 aliphatic heterocycles. The molecule has 59 valence electrons. The van der Waals surface area contributed by atoms with Gasteiger partial charge in [0.05, 0.1) is 11.9 Å². The molecule has 0 unspecified atom stereocenters. The SMILES string of the molecule is Clc1ccc(C2=N[N]C=C2)cc1. The second kappa shape index (κ2) is 2.99. The molecule has 0 spiro atoms. The van der Waals surface area contributed by atoms with Gasteiger partial charge in [0.1, 0.15) is 0 Å². The van der Waals surface area contributed by atoms with Gasteiger partial charge in [0.25, 0.3) is 0 Å². The van der Waals surface area contributed by atoms with Crippen molar-refractivity contribution in [1.29, 1.82) is 0 Å². The normalized spacial score (nSPS) is 14.2. The Morgan fingerprint density at radius 1 is 1.08 bits per heavy atom. The lowest BCUT2D eigenvalue weighted by Crippen LogP contribution is -1.93. The van der Waals surface area contributed by atoms with E-state index >= 15 is 0 Å². The van der Waals surface area contributed by atoms with Crippen molar-refractivity contribution in [1.82, 2.24) is 5.43 Å². The first-order chi connectivity index (χ1) is 5.86. The molecule has 1 aromatic carbocycles. The van der Waals surface area contributed by atoms with Crippen molar-refractivity contribution >= 4 is 17.3 Å². The van der Waals surface area contributed by atoms with Crippen LogP contribution in [0.5, 0.6) is 0 Å². The smallest absolute Gasteiger partial charge is 0.0945 e. The second-order valence-electron chi connectivity index (χ2n) is 2.42. The highest BCUT2D eigenvalue weighted by molar-refractivity contribution is 6.30. The Labute approximate surface area is 75.5 Å². The van der Waals surface area contributed by atoms with Crippen LogP contribution in [0.4, 0.5) is 0 Å². The van der Waals surface area contributed by atoms with Gasteiger partial charge in [-0.05, 0) is 18.2 Å². The summed E-state index contributed by atoms with van der Waals surface area (Å²) in [5.74, 6) is 0. The summed E-state index contributed by atoms with van der Waals surface area (Å²) in [5.41, 5.74) is 5.66. The minimum Gasteiger partial charge on any atom is -0.158 e. The van der Waals surface area contributed by atoms with Crippen LogP contribution in [0.15, 0.2) is 41.6 Å². The molecule has 0 amide bonds. The zero-order chi connectivity index (χ0) is 8.39. The first-order valence-corrected chi connectivity index (χ1v) is 3.94. The highest BCUT2D eigenvalue weighted by atomic mass is 35.5. The molecular weight excluding hydrogens is 172 g/mol. The number of benzene rings is 1. The number of halogens is 1. The third-order valence-corrected chi connectivity index (χ3v) is 1.86. The molecule has 0 N–H and O–H groups in total. The fourth-order valence-corrected chi connectivity index (χ4v) is 1.13. The van der Waals surface area contributed by atoms with Crippen LogP contribution >= 0.6 is 11.6 Å². The van der Waals surface area contributed by atoms with Gasteiger partial charge in [0, 0.05) is 10.6 Å². The van der Waals surface area contributed by atoms with Crippen molar-refractivity contribution in [3.05, 3.63) is 47.1 Å². The van der Waals surface area contributed by atoms with Crippen molar-refractivity contribution in [2.75, 3.05) is 0 Å². The fraction of sp³-hybridized carbons (Fsp3) is 0. The van der Waals surface area contributed by atoms with Gasteiger partial charge < -0.3 is 0 Å². The van der Waals surface area contributed by atoms with E-state index in [0.29, 0.717) is 0 Å². The highest BCUT2D eigenvalue weighted by Gasteiger charge is 2.03. The molecule has 1 aromatic rings. The third-order valence-electron chi connectivity index (χ3n) is 1.60. The van der Waals surface area contributed by atoms with Gasteiger partial charge in [0.2, 0.25) is 0 Å². The monoisotopic (exact) mass is 177 g/mol. The standard InChI is InChI=1S/C9H6ClN2/c10-8-3-1-7(2-4-8)9-5-6-11-12-9/h1-6H. The maximum absolute atomic E-state index is 5.74. The molecule has 0 aromatic heterocycles. The van der Waals surface area contributed by atoms with Crippen LogP contribution in [0.3, 0.4) is 0 Å². The van der Waals surface area contributed by atoms with Crippen molar-refractivity contribution in [3.8, 4) is 0 Å². The first kappa shape index (κ1) is 7.37. The first-order valence-electron chi connectivity index (χ1n) is 3.56. The number of allylic oxidation sites excluding steroid dienone is 1. The van der Waals surface area contributed by atoms with Gasteiger partial charge in [-0.2, -0.15) is 10.5 Å². The summed E-state index contributed by atoms with van der Waals surface area (Å²) in [6.07, 6.45) is 3.53. The van der Waals surface area contributed by atoms with Gasteiger partial charge in [-0.25, -0.2) is 0 Å². The van der Waals surface area contributed by atoms with Crippen molar-refractivity contribution < 1.29 is 0 Å². The number of rotatable bonds is 1. The maximum Gasteiger partial charge on any atom is 0.0945 e. The summed E-state index contributed by atoms with van der Waals surface area (Å²) < 4.78 is 0. The lowest BCUT2D eigenvalue weighted by molar-refractivity contribution is 0.972. The number of hydrogen-bond acceptors (Lipinski definition) is 1. The van der Waals surface area contributed by atoms with Gasteiger partial charge in [-0.1, -0.05) is 23.7 Å². The predicted octanol–water partition coefficient (Wildman–Crippen LogP) is 2.18. The van der Waals surface area contributed by atoms with E-state index in [1.165, 1.54) is 0 Å². The summed E-state index contributed by atoms with van der Waals surface area (Å²) in [6.45, 7) is 0. The van der Waals surface area contributed by atoms with Gasteiger partial charge >= 0.3 is 0 Å². The van der Waals surface area contributed by atoms with Crippen LogP contribution in [0.1, 0.15) is 5.56 Å². The van der Waals surface area contributed by atoms with Crippen LogP contribution in [-0.4, -0.2) is 5.71 Å². The van der Waals surface area contributed by atoms with Gasteiger partial charge in [-0.15, -0.1) is 0 Å². The van der Waals surface area contributed by atoms with Crippen molar-refractivity contribution in [3.63, 3.8) is 0 Å². The van der Waals surface area contributed by atoms with E-state index in [0.717, 1.165) is 16.3 Å².